The number of anilines is 1. The average Bonchev–Trinajstić information content (AvgIpc) is 2.84. The zero-order chi connectivity index (χ0) is 22.8. The third-order valence-electron chi connectivity index (χ3n) is 5.71. The van der Waals surface area contributed by atoms with Crippen LogP contribution in [0.5, 0.6) is 0 Å². The van der Waals surface area contributed by atoms with E-state index in [1.54, 1.807) is 24.3 Å². The highest BCUT2D eigenvalue weighted by Crippen LogP contribution is 2.26. The van der Waals surface area contributed by atoms with Gasteiger partial charge in [-0.15, -0.1) is 0 Å². The number of hydrogen-bond acceptors (Lipinski definition) is 2. The normalized spacial score (nSPS) is 10.9. The van der Waals surface area contributed by atoms with Gasteiger partial charge in [-0.3, -0.25) is 9.59 Å². The quantitative estimate of drug-likeness (QED) is 0.463. The van der Waals surface area contributed by atoms with Crippen molar-refractivity contribution < 1.29 is 14.5 Å². The highest BCUT2D eigenvalue weighted by Gasteiger charge is 2.22. The van der Waals surface area contributed by atoms with Crippen molar-refractivity contribution in [2.75, 3.05) is 31.5 Å². The van der Waals surface area contributed by atoms with Crippen LogP contribution in [-0.4, -0.2) is 38.0 Å². The number of benzene rings is 3. The van der Waals surface area contributed by atoms with E-state index in [0.717, 1.165) is 30.8 Å². The van der Waals surface area contributed by atoms with E-state index >= 15 is 0 Å². The summed E-state index contributed by atoms with van der Waals surface area (Å²) in [4.78, 5) is 27.1. The van der Waals surface area contributed by atoms with E-state index < -0.39 is 5.92 Å². The predicted molar refractivity (Wildman–Crippen MR) is 129 cm³/mol. The van der Waals surface area contributed by atoms with Gasteiger partial charge in [-0.05, 0) is 49.2 Å². The highest BCUT2D eigenvalue weighted by atomic mass is 16.2. The summed E-state index contributed by atoms with van der Waals surface area (Å²) >= 11 is 0. The van der Waals surface area contributed by atoms with Crippen molar-refractivity contribution in [1.82, 2.24) is 5.32 Å². The molecule has 0 aliphatic rings. The second-order valence-corrected chi connectivity index (χ2v) is 7.78. The molecule has 0 aliphatic carbocycles. The summed E-state index contributed by atoms with van der Waals surface area (Å²) in [5, 5.41) is 5.98. The van der Waals surface area contributed by atoms with Crippen molar-refractivity contribution in [2.24, 2.45) is 0 Å². The number of carbonyl (C=O) groups excluding carboxylic acids is 2. The summed E-state index contributed by atoms with van der Waals surface area (Å²) in [6.45, 7) is 7.94. The van der Waals surface area contributed by atoms with Gasteiger partial charge in [-0.1, -0.05) is 60.7 Å². The fraction of sp³-hybridized carbons (Fsp3) is 0.259. The zero-order valence-electron chi connectivity index (χ0n) is 18.8. The summed E-state index contributed by atoms with van der Waals surface area (Å²) < 4.78 is 0. The molecular weight excluding hydrogens is 398 g/mol. The summed E-state index contributed by atoms with van der Waals surface area (Å²) in [6.07, 6.45) is 0. The first-order chi connectivity index (χ1) is 15.6. The molecule has 3 N–H and O–H groups in total. The Hall–Kier alpha value is -3.44. The molecule has 0 saturated carbocycles. The molecular formula is C27H32N3O2+. The number of rotatable bonds is 10. The minimum Gasteiger partial charge on any atom is -0.346 e. The van der Waals surface area contributed by atoms with Crippen molar-refractivity contribution in [2.45, 2.75) is 19.8 Å². The first-order valence-electron chi connectivity index (χ1n) is 11.2. The molecule has 0 fully saturated rings. The van der Waals surface area contributed by atoms with Gasteiger partial charge in [0.2, 0.25) is 5.91 Å². The van der Waals surface area contributed by atoms with Crippen LogP contribution in [0.15, 0.2) is 84.9 Å². The maximum Gasteiger partial charge on any atom is 0.251 e. The molecule has 0 aliphatic heterocycles. The Labute approximate surface area is 190 Å². The molecule has 5 heteroatoms. The highest BCUT2D eigenvalue weighted by molar-refractivity contribution is 5.99. The van der Waals surface area contributed by atoms with Crippen molar-refractivity contribution in [3.05, 3.63) is 102 Å². The molecule has 32 heavy (non-hydrogen) atoms. The molecule has 3 aromatic rings. The molecule has 2 amide bonds. The maximum absolute atomic E-state index is 13.2. The van der Waals surface area contributed by atoms with Gasteiger partial charge in [0.05, 0.1) is 32.1 Å². The number of nitrogens with one attached hydrogen (secondary N) is 3. The average molecular weight is 431 g/mol. The molecule has 5 nitrogen and oxygen atoms in total. The molecule has 0 heterocycles. The molecule has 0 aromatic heterocycles. The Morgan fingerprint density at radius 2 is 1.31 bits per heavy atom. The predicted octanol–water partition coefficient (Wildman–Crippen LogP) is 3.11. The zero-order valence-corrected chi connectivity index (χ0v) is 18.8. The van der Waals surface area contributed by atoms with E-state index in [0.29, 0.717) is 17.8 Å². The first-order valence-corrected chi connectivity index (χ1v) is 11.2. The van der Waals surface area contributed by atoms with Crippen LogP contribution < -0.4 is 15.5 Å². The number of likely N-dealkylation sites (N-methyl/N-ethyl adjacent to an activating group) is 1. The number of hydrogen-bond donors (Lipinski definition) is 3. The second-order valence-electron chi connectivity index (χ2n) is 7.78. The Kier molecular flexibility index (Phi) is 8.58. The Morgan fingerprint density at radius 1 is 0.781 bits per heavy atom. The molecule has 3 aromatic carbocycles. The standard InChI is InChI=1S/C27H31N3O2/c1-3-30(4-2)20-19-28-26(31)23-15-17-24(18-16-23)29-27(32)25(21-11-7-5-8-12-21)22-13-9-6-10-14-22/h5-18,25H,3-4,19-20H2,1-2H3,(H,28,31)(H,29,32)/p+1. The van der Waals surface area contributed by atoms with Gasteiger partial charge >= 0.3 is 0 Å². The fourth-order valence-corrected chi connectivity index (χ4v) is 3.76. The molecule has 0 atom stereocenters. The molecule has 0 saturated heterocycles. The van der Waals surface area contributed by atoms with Crippen molar-refractivity contribution >= 4 is 17.5 Å². The number of amides is 2. The summed E-state index contributed by atoms with van der Waals surface area (Å²) in [7, 11) is 0. The molecule has 0 bridgehead atoms. The minimum absolute atomic E-state index is 0.0964. The third-order valence-corrected chi connectivity index (χ3v) is 5.71. The largest absolute Gasteiger partial charge is 0.346 e. The molecule has 166 valence electrons. The van der Waals surface area contributed by atoms with Crippen molar-refractivity contribution in [3.8, 4) is 0 Å². The van der Waals surface area contributed by atoms with E-state index in [1.807, 2.05) is 60.7 Å². The third kappa shape index (κ3) is 6.28. The van der Waals surface area contributed by atoms with Gasteiger partial charge in [0.15, 0.2) is 0 Å². The number of quaternary nitrogens is 1. The van der Waals surface area contributed by atoms with E-state index in [9.17, 15) is 9.59 Å². The van der Waals surface area contributed by atoms with E-state index in [1.165, 1.54) is 4.90 Å². The van der Waals surface area contributed by atoms with Crippen LogP contribution in [0.3, 0.4) is 0 Å². The van der Waals surface area contributed by atoms with Crippen LogP contribution in [0.25, 0.3) is 0 Å². The van der Waals surface area contributed by atoms with Crippen LogP contribution >= 0.6 is 0 Å². The minimum atomic E-state index is -0.414. The SMILES string of the molecule is CC[NH+](CC)CCNC(=O)c1ccc(NC(=O)C(c2ccccc2)c2ccccc2)cc1. The van der Waals surface area contributed by atoms with Gasteiger partial charge in [-0.25, -0.2) is 0 Å². The summed E-state index contributed by atoms with van der Waals surface area (Å²) in [5.74, 6) is -0.620. The maximum atomic E-state index is 13.2. The lowest BCUT2D eigenvalue weighted by Gasteiger charge is -2.18. The fourth-order valence-electron chi connectivity index (χ4n) is 3.76. The van der Waals surface area contributed by atoms with Crippen LogP contribution in [0.1, 0.15) is 41.3 Å². The summed E-state index contributed by atoms with van der Waals surface area (Å²) in [5.41, 5.74) is 3.11. The van der Waals surface area contributed by atoms with Crippen molar-refractivity contribution in [3.63, 3.8) is 0 Å². The Morgan fingerprint density at radius 3 is 1.81 bits per heavy atom. The van der Waals surface area contributed by atoms with Gasteiger partial charge in [-0.2, -0.15) is 0 Å². The lowest BCUT2D eigenvalue weighted by molar-refractivity contribution is -0.895. The van der Waals surface area contributed by atoms with Gasteiger partial charge in [0.25, 0.3) is 5.91 Å². The number of carbonyl (C=O) groups is 2. The van der Waals surface area contributed by atoms with Crippen molar-refractivity contribution in [1.29, 1.82) is 0 Å². The van der Waals surface area contributed by atoms with Gasteiger partial charge in [0.1, 0.15) is 0 Å². The van der Waals surface area contributed by atoms with Crippen LogP contribution in [0.2, 0.25) is 0 Å². The van der Waals surface area contributed by atoms with Gasteiger partial charge < -0.3 is 15.5 Å². The molecule has 0 unspecified atom stereocenters. The van der Waals surface area contributed by atoms with E-state index in [4.69, 9.17) is 0 Å². The van der Waals surface area contributed by atoms with E-state index in [2.05, 4.69) is 24.5 Å². The van der Waals surface area contributed by atoms with Gasteiger partial charge in [0, 0.05) is 11.3 Å². The lowest BCUT2D eigenvalue weighted by Crippen LogP contribution is -3.12. The molecule has 0 spiro atoms. The summed E-state index contributed by atoms with van der Waals surface area (Å²) in [6, 6.07) is 26.5. The molecule has 3 rings (SSSR count). The lowest BCUT2D eigenvalue weighted by atomic mass is 9.90. The van der Waals surface area contributed by atoms with E-state index in [-0.39, 0.29) is 11.8 Å². The smallest absolute Gasteiger partial charge is 0.251 e. The monoisotopic (exact) mass is 430 g/mol. The van der Waals surface area contributed by atoms with Crippen LogP contribution in [-0.2, 0) is 4.79 Å². The van der Waals surface area contributed by atoms with Crippen LogP contribution in [0, 0.1) is 0 Å². The first kappa shape index (κ1) is 23.2. The Balaban J connectivity index is 1.66. The topological polar surface area (TPSA) is 62.6 Å². The second kappa shape index (κ2) is 11.8. The Bertz CT molecular complexity index is 945. The van der Waals surface area contributed by atoms with Crippen LogP contribution in [0.4, 0.5) is 5.69 Å². The molecule has 0 radical (unpaired) electrons.